The Hall–Kier alpha value is -3.90. The molecule has 4 heterocycles. The molecule has 0 atom stereocenters. The van der Waals surface area contributed by atoms with E-state index < -0.39 is 20.0 Å². The molecule has 0 aliphatic carbocycles. The van der Waals surface area contributed by atoms with Crippen LogP contribution >= 0.6 is 0 Å². The van der Waals surface area contributed by atoms with Crippen LogP contribution in [0.3, 0.4) is 0 Å². The SMILES string of the molecule is Cc1ccc2c(n1)oc1c[c-]c(-c3ccc([Si](C)(C)C)cn3)cc12.[2H]C([2H])(n1c(-c2[c-]cccc2)nc2ccccc21)C(C)(C)C.[Ir]. The molecule has 0 saturated heterocycles. The number of fused-ring (bicyclic) bond motifs is 4. The zero-order valence-electron chi connectivity index (χ0n) is 28.7. The summed E-state index contributed by atoms with van der Waals surface area (Å²) in [5.74, 6) is 0.613. The Labute approximate surface area is 282 Å². The molecule has 1 radical (unpaired) electrons. The molecular formula is C38H38IrN4OSi-2. The number of benzene rings is 3. The summed E-state index contributed by atoms with van der Waals surface area (Å²) in [5.41, 5.74) is 6.18. The second kappa shape index (κ2) is 12.8. The fraction of sp³-hybridized carbons (Fsp3) is 0.237. The molecule has 0 fully saturated rings. The van der Waals surface area contributed by atoms with Crippen molar-refractivity contribution in [2.24, 2.45) is 5.41 Å². The van der Waals surface area contributed by atoms with Gasteiger partial charge in [0.2, 0.25) is 5.71 Å². The predicted octanol–water partition coefficient (Wildman–Crippen LogP) is 9.24. The molecule has 7 rings (SSSR count). The van der Waals surface area contributed by atoms with Crippen molar-refractivity contribution in [2.75, 3.05) is 0 Å². The molecule has 0 bridgehead atoms. The molecule has 7 heteroatoms. The van der Waals surface area contributed by atoms with Crippen molar-refractivity contribution in [1.82, 2.24) is 19.5 Å². The summed E-state index contributed by atoms with van der Waals surface area (Å²) in [6, 6.07) is 34.0. The normalized spacial score (nSPS) is 12.8. The Morgan fingerprint density at radius 2 is 1.67 bits per heavy atom. The Morgan fingerprint density at radius 3 is 2.36 bits per heavy atom. The van der Waals surface area contributed by atoms with Gasteiger partial charge in [-0.2, -0.15) is 0 Å². The summed E-state index contributed by atoms with van der Waals surface area (Å²) in [5, 5.41) is 3.45. The average Bonchev–Trinajstić information content (AvgIpc) is 3.59. The fourth-order valence-electron chi connectivity index (χ4n) is 5.03. The van der Waals surface area contributed by atoms with Crippen molar-refractivity contribution in [2.45, 2.75) is 53.8 Å². The quantitative estimate of drug-likeness (QED) is 0.132. The number of imidazole rings is 1. The molecule has 7 aromatic rings. The summed E-state index contributed by atoms with van der Waals surface area (Å²) >= 11 is 0. The largest absolute Gasteiger partial charge is 0.486 e. The molecule has 4 aromatic heterocycles. The molecule has 45 heavy (non-hydrogen) atoms. The van der Waals surface area contributed by atoms with Gasteiger partial charge in [-0.3, -0.25) is 4.98 Å². The predicted molar refractivity (Wildman–Crippen MR) is 185 cm³/mol. The number of hydrogen-bond donors (Lipinski definition) is 0. The smallest absolute Gasteiger partial charge is 0.216 e. The maximum atomic E-state index is 8.68. The standard InChI is InChI=1S/C20H19N2OSi.C18H19N2.Ir/c1-13-5-8-16-17-11-14(6-10-19(17)23-20(16)22-13)18-9-7-15(12-21-18)24(2,3)4;1-18(2,3)13-20-16-12-8-7-11-15(16)19-17(20)14-9-5-4-6-10-14;/h5,7-12H,1-4H3;4-9,11-12H,13H2,1-3H3;/q2*-1;/i;13D2;. The van der Waals surface area contributed by atoms with Crippen LogP contribution in [0.5, 0.6) is 0 Å². The van der Waals surface area contributed by atoms with E-state index in [-0.39, 0.29) is 20.1 Å². The van der Waals surface area contributed by atoms with Gasteiger partial charge in [-0.05, 0) is 47.5 Å². The first-order valence-corrected chi connectivity index (χ1v) is 18.4. The Bertz CT molecular complexity index is 2160. The van der Waals surface area contributed by atoms with E-state index in [9.17, 15) is 0 Å². The van der Waals surface area contributed by atoms with Crippen molar-refractivity contribution in [3.05, 3.63) is 109 Å². The Kier molecular flexibility index (Phi) is 8.50. The molecule has 0 aliphatic rings. The van der Waals surface area contributed by atoms with Gasteiger partial charge in [0.25, 0.3) is 0 Å². The number of para-hydroxylation sites is 2. The van der Waals surface area contributed by atoms with E-state index in [0.29, 0.717) is 11.5 Å². The Balaban J connectivity index is 0.000000181. The Morgan fingerprint density at radius 1 is 0.889 bits per heavy atom. The third-order valence-corrected chi connectivity index (χ3v) is 9.30. The van der Waals surface area contributed by atoms with Crippen molar-refractivity contribution in [1.29, 1.82) is 0 Å². The molecule has 0 N–H and O–H groups in total. The van der Waals surface area contributed by atoms with Crippen molar-refractivity contribution < 1.29 is 27.3 Å². The van der Waals surface area contributed by atoms with Crippen molar-refractivity contribution >= 4 is 46.4 Å². The van der Waals surface area contributed by atoms with Gasteiger partial charge in [0.05, 0.1) is 30.5 Å². The number of rotatable bonds is 4. The summed E-state index contributed by atoms with van der Waals surface area (Å²) < 4.78 is 24.9. The molecule has 5 nitrogen and oxygen atoms in total. The minimum atomic E-state index is -1.58. The van der Waals surface area contributed by atoms with Crippen LogP contribution in [0.1, 0.15) is 29.2 Å². The molecule has 3 aromatic carbocycles. The van der Waals surface area contributed by atoms with E-state index in [1.165, 1.54) is 5.19 Å². The third-order valence-electron chi connectivity index (χ3n) is 7.27. The van der Waals surface area contributed by atoms with E-state index in [4.69, 9.17) is 7.16 Å². The minimum absolute atomic E-state index is 0. The zero-order chi connectivity index (χ0) is 32.9. The summed E-state index contributed by atoms with van der Waals surface area (Å²) in [7, 11) is -1.33. The van der Waals surface area contributed by atoms with Gasteiger partial charge >= 0.3 is 0 Å². The molecule has 0 amide bonds. The number of nitrogens with zero attached hydrogens (tertiary/aromatic N) is 4. The topological polar surface area (TPSA) is 56.7 Å². The van der Waals surface area contributed by atoms with Crippen LogP contribution in [-0.4, -0.2) is 27.6 Å². The average molecular weight is 789 g/mol. The number of furan rings is 1. The molecule has 0 saturated carbocycles. The number of aryl methyl sites for hydroxylation is 1. The van der Waals surface area contributed by atoms with Crippen LogP contribution < -0.4 is 5.19 Å². The number of hydrogen-bond acceptors (Lipinski definition) is 4. The van der Waals surface area contributed by atoms with Gasteiger partial charge in [0.1, 0.15) is 0 Å². The van der Waals surface area contributed by atoms with Crippen LogP contribution in [0.4, 0.5) is 0 Å². The van der Waals surface area contributed by atoms with Gasteiger partial charge in [0.15, 0.2) is 0 Å². The van der Waals surface area contributed by atoms with Crippen LogP contribution in [0.2, 0.25) is 19.6 Å². The third kappa shape index (κ3) is 7.17. The van der Waals surface area contributed by atoms with Crippen molar-refractivity contribution in [3.8, 4) is 22.6 Å². The monoisotopic (exact) mass is 789 g/mol. The molecule has 0 aliphatic heterocycles. The van der Waals surface area contributed by atoms with Crippen LogP contribution in [0, 0.1) is 24.5 Å². The molecular weight excluding hydrogens is 749 g/mol. The molecule has 0 spiro atoms. The fourth-order valence-corrected chi connectivity index (χ4v) is 6.06. The maximum absolute atomic E-state index is 8.68. The van der Waals surface area contributed by atoms with E-state index in [1.807, 2.05) is 94.6 Å². The van der Waals surface area contributed by atoms with E-state index in [2.05, 4.69) is 71.0 Å². The minimum Gasteiger partial charge on any atom is -0.486 e. The second-order valence-electron chi connectivity index (χ2n) is 13.1. The molecule has 0 unspecified atom stereocenters. The van der Waals surface area contributed by atoms with Gasteiger partial charge < -0.3 is 14.0 Å². The van der Waals surface area contributed by atoms with Gasteiger partial charge in [-0.1, -0.05) is 70.1 Å². The maximum Gasteiger partial charge on any atom is 0.216 e. The number of aromatic nitrogens is 4. The second-order valence-corrected chi connectivity index (χ2v) is 18.2. The summed E-state index contributed by atoms with van der Waals surface area (Å²) in [6.07, 6.45) is 2.01. The van der Waals surface area contributed by atoms with Crippen LogP contribution in [0.25, 0.3) is 55.7 Å². The van der Waals surface area contributed by atoms with Crippen molar-refractivity contribution in [3.63, 3.8) is 0 Å². The van der Waals surface area contributed by atoms with Gasteiger partial charge in [-0.15, -0.1) is 59.7 Å². The summed E-state index contributed by atoms with van der Waals surface area (Å²) in [4.78, 5) is 13.8. The van der Waals surface area contributed by atoms with Gasteiger partial charge in [0, 0.05) is 46.6 Å². The van der Waals surface area contributed by atoms with Crippen LogP contribution in [-0.2, 0) is 26.6 Å². The number of pyridine rings is 2. The van der Waals surface area contributed by atoms with Crippen LogP contribution in [0.15, 0.2) is 95.5 Å². The van der Waals surface area contributed by atoms with E-state index in [0.717, 1.165) is 49.9 Å². The van der Waals surface area contributed by atoms with E-state index >= 15 is 0 Å². The zero-order valence-corrected chi connectivity index (χ0v) is 30.1. The van der Waals surface area contributed by atoms with E-state index in [1.54, 1.807) is 4.57 Å². The van der Waals surface area contributed by atoms with Gasteiger partial charge in [-0.25, -0.2) is 4.98 Å². The first kappa shape index (κ1) is 29.8. The molecule has 231 valence electrons. The first-order chi connectivity index (χ1) is 21.7. The summed E-state index contributed by atoms with van der Waals surface area (Å²) in [6.45, 7) is 13.1. The first-order valence-electron chi connectivity index (χ1n) is 15.9.